The number of ether oxygens (including phenoxy) is 1. The van der Waals surface area contributed by atoms with Crippen molar-refractivity contribution < 1.29 is 22.7 Å². The van der Waals surface area contributed by atoms with Gasteiger partial charge < -0.3 is 9.64 Å². The van der Waals surface area contributed by atoms with Crippen molar-refractivity contribution in [2.24, 2.45) is 5.92 Å². The number of hydrogen-bond acceptors (Lipinski definition) is 5. The number of carbonyl (C=O) groups excluding carboxylic acids is 2. The van der Waals surface area contributed by atoms with Gasteiger partial charge in [-0.15, -0.1) is 0 Å². The highest BCUT2D eigenvalue weighted by Crippen LogP contribution is 2.18. The summed E-state index contributed by atoms with van der Waals surface area (Å²) in [6.07, 6.45) is 1.08. The number of sulfonamides is 1. The Morgan fingerprint density at radius 3 is 2.54 bits per heavy atom. The SMILES string of the molecule is COC(=O)N1CCC(CNS(=O)(=O)c2cccc(C(C)=O)c2)CC1. The second-order valence-corrected chi connectivity index (χ2v) is 7.60. The number of Topliss-reactive ketones (excluding diaryl/α,β-unsaturated/α-hetero) is 1. The predicted molar refractivity (Wildman–Crippen MR) is 88.3 cm³/mol. The Kier molecular flexibility index (Phi) is 5.95. The maximum atomic E-state index is 12.4. The van der Waals surface area contributed by atoms with E-state index in [-0.39, 0.29) is 22.7 Å². The zero-order valence-electron chi connectivity index (χ0n) is 13.8. The average molecular weight is 354 g/mol. The summed E-state index contributed by atoms with van der Waals surface area (Å²) in [5, 5.41) is 0. The van der Waals surface area contributed by atoms with E-state index in [1.165, 1.54) is 26.2 Å². The number of likely N-dealkylation sites (tertiary alicyclic amines) is 1. The first-order valence-corrected chi connectivity index (χ1v) is 9.25. The summed E-state index contributed by atoms with van der Waals surface area (Å²) in [4.78, 5) is 24.5. The van der Waals surface area contributed by atoms with Crippen LogP contribution in [0.4, 0.5) is 4.79 Å². The summed E-state index contributed by atoms with van der Waals surface area (Å²) in [5.74, 6) is -0.0149. The highest BCUT2D eigenvalue weighted by atomic mass is 32.2. The van der Waals surface area contributed by atoms with E-state index in [9.17, 15) is 18.0 Å². The third-order valence-corrected chi connectivity index (χ3v) is 5.58. The molecule has 0 atom stereocenters. The van der Waals surface area contributed by atoms with E-state index in [0.717, 1.165) is 0 Å². The largest absolute Gasteiger partial charge is 0.453 e. The molecule has 1 aromatic rings. The number of piperidine rings is 1. The van der Waals surface area contributed by atoms with Crippen LogP contribution in [0.2, 0.25) is 0 Å². The van der Waals surface area contributed by atoms with Crippen molar-refractivity contribution >= 4 is 21.9 Å². The van der Waals surface area contributed by atoms with Crippen molar-refractivity contribution in [2.75, 3.05) is 26.7 Å². The van der Waals surface area contributed by atoms with Crippen LogP contribution in [-0.2, 0) is 14.8 Å². The highest BCUT2D eigenvalue weighted by Gasteiger charge is 2.24. The quantitative estimate of drug-likeness (QED) is 0.812. The van der Waals surface area contributed by atoms with Gasteiger partial charge >= 0.3 is 6.09 Å². The molecule has 1 N–H and O–H groups in total. The maximum Gasteiger partial charge on any atom is 0.409 e. The summed E-state index contributed by atoms with van der Waals surface area (Å²) in [6, 6.07) is 5.99. The number of hydrogen-bond donors (Lipinski definition) is 1. The van der Waals surface area contributed by atoms with Gasteiger partial charge in [-0.05, 0) is 37.8 Å². The molecule has 0 radical (unpaired) electrons. The number of amides is 1. The Balaban J connectivity index is 1.93. The molecule has 1 aromatic carbocycles. The number of nitrogens with zero attached hydrogens (tertiary/aromatic N) is 1. The molecule has 0 saturated carbocycles. The van der Waals surface area contributed by atoms with Crippen molar-refractivity contribution in [1.29, 1.82) is 0 Å². The van der Waals surface area contributed by atoms with Crippen molar-refractivity contribution in [2.45, 2.75) is 24.7 Å². The van der Waals surface area contributed by atoms with Crippen molar-refractivity contribution in [1.82, 2.24) is 9.62 Å². The number of methoxy groups -OCH3 is 1. The molecule has 1 aliphatic rings. The van der Waals surface area contributed by atoms with Gasteiger partial charge in [-0.2, -0.15) is 0 Å². The summed E-state index contributed by atoms with van der Waals surface area (Å²) in [5.41, 5.74) is 0.365. The van der Waals surface area contributed by atoms with Crippen LogP contribution in [0.3, 0.4) is 0 Å². The van der Waals surface area contributed by atoms with Crippen LogP contribution in [-0.4, -0.2) is 51.9 Å². The molecule has 7 nitrogen and oxygen atoms in total. The second-order valence-electron chi connectivity index (χ2n) is 5.84. The minimum absolute atomic E-state index is 0.0854. The fourth-order valence-corrected chi connectivity index (χ4v) is 3.80. The zero-order chi connectivity index (χ0) is 17.7. The minimum Gasteiger partial charge on any atom is -0.453 e. The van der Waals surface area contributed by atoms with E-state index < -0.39 is 10.0 Å². The van der Waals surface area contributed by atoms with Crippen molar-refractivity contribution in [3.63, 3.8) is 0 Å². The first-order chi connectivity index (χ1) is 11.3. The Bertz CT molecular complexity index is 709. The fourth-order valence-electron chi connectivity index (χ4n) is 2.64. The van der Waals surface area contributed by atoms with Gasteiger partial charge in [0, 0.05) is 25.2 Å². The standard InChI is InChI=1S/C16H22N2O5S/c1-12(19)14-4-3-5-15(10-14)24(21,22)17-11-13-6-8-18(9-7-13)16(20)23-2/h3-5,10,13,17H,6-9,11H2,1-2H3. The molecule has 1 heterocycles. The number of carbonyl (C=O) groups is 2. The monoisotopic (exact) mass is 354 g/mol. The normalized spacial score (nSPS) is 16.0. The number of ketones is 1. The van der Waals surface area contributed by atoms with Gasteiger partial charge in [-0.3, -0.25) is 4.79 Å². The summed E-state index contributed by atoms with van der Waals surface area (Å²) >= 11 is 0. The molecular formula is C16H22N2O5S. The molecule has 0 unspecified atom stereocenters. The maximum absolute atomic E-state index is 12.4. The highest BCUT2D eigenvalue weighted by molar-refractivity contribution is 7.89. The third-order valence-electron chi connectivity index (χ3n) is 4.16. The van der Waals surface area contributed by atoms with Crippen molar-refractivity contribution in [3.05, 3.63) is 29.8 Å². The van der Waals surface area contributed by atoms with Gasteiger partial charge in [0.25, 0.3) is 0 Å². The zero-order valence-corrected chi connectivity index (χ0v) is 14.6. The van der Waals surface area contributed by atoms with E-state index in [1.807, 2.05) is 0 Å². The van der Waals surface area contributed by atoms with Crippen LogP contribution in [0.15, 0.2) is 29.2 Å². The van der Waals surface area contributed by atoms with E-state index in [1.54, 1.807) is 17.0 Å². The van der Waals surface area contributed by atoms with Gasteiger partial charge in [0.1, 0.15) is 0 Å². The van der Waals surface area contributed by atoms with Crippen LogP contribution in [0.25, 0.3) is 0 Å². The van der Waals surface area contributed by atoms with Crippen LogP contribution in [0, 0.1) is 5.92 Å². The lowest BCUT2D eigenvalue weighted by Crippen LogP contribution is -2.41. The molecule has 132 valence electrons. The Labute approximate surface area is 142 Å². The molecule has 0 aromatic heterocycles. The first-order valence-electron chi connectivity index (χ1n) is 7.77. The average Bonchev–Trinajstić information content (AvgIpc) is 2.60. The van der Waals surface area contributed by atoms with Gasteiger partial charge in [0.15, 0.2) is 5.78 Å². The summed E-state index contributed by atoms with van der Waals surface area (Å²) in [7, 11) is -2.31. The van der Waals surface area contributed by atoms with Crippen LogP contribution in [0.1, 0.15) is 30.1 Å². The Morgan fingerprint density at radius 1 is 1.29 bits per heavy atom. The molecule has 1 saturated heterocycles. The third kappa shape index (κ3) is 4.55. The summed E-state index contributed by atoms with van der Waals surface area (Å²) in [6.45, 7) is 2.81. The molecular weight excluding hydrogens is 332 g/mol. The van der Waals surface area contributed by atoms with Crippen molar-refractivity contribution in [3.8, 4) is 0 Å². The lowest BCUT2D eigenvalue weighted by molar-refractivity contribution is 0.101. The molecule has 0 aliphatic carbocycles. The molecule has 1 aliphatic heterocycles. The second kappa shape index (κ2) is 7.76. The van der Waals surface area contributed by atoms with Crippen LogP contribution >= 0.6 is 0 Å². The minimum atomic E-state index is -3.66. The number of benzene rings is 1. The van der Waals surface area contributed by atoms with Gasteiger partial charge in [-0.25, -0.2) is 17.9 Å². The molecule has 0 bridgehead atoms. The van der Waals surface area contributed by atoms with Crippen LogP contribution in [0.5, 0.6) is 0 Å². The fraction of sp³-hybridized carbons (Fsp3) is 0.500. The number of nitrogens with one attached hydrogen (secondary N) is 1. The molecule has 1 fully saturated rings. The summed E-state index contributed by atoms with van der Waals surface area (Å²) < 4.78 is 32.0. The van der Waals surface area contributed by atoms with E-state index in [4.69, 9.17) is 0 Å². The van der Waals surface area contributed by atoms with E-state index in [2.05, 4.69) is 9.46 Å². The molecule has 8 heteroatoms. The van der Waals surface area contributed by atoms with Gasteiger partial charge in [0.2, 0.25) is 10.0 Å². The Hall–Kier alpha value is -1.93. The predicted octanol–water partition coefficient (Wildman–Crippen LogP) is 1.65. The van der Waals surface area contributed by atoms with Crippen LogP contribution < -0.4 is 4.72 Å². The lowest BCUT2D eigenvalue weighted by atomic mass is 9.97. The smallest absolute Gasteiger partial charge is 0.409 e. The lowest BCUT2D eigenvalue weighted by Gasteiger charge is -2.30. The van der Waals surface area contributed by atoms with Gasteiger partial charge in [0.05, 0.1) is 12.0 Å². The van der Waals surface area contributed by atoms with E-state index in [0.29, 0.717) is 38.0 Å². The molecule has 1 amide bonds. The molecule has 0 spiro atoms. The molecule has 2 rings (SSSR count). The van der Waals surface area contributed by atoms with Gasteiger partial charge in [-0.1, -0.05) is 12.1 Å². The number of rotatable bonds is 5. The molecule has 24 heavy (non-hydrogen) atoms. The Morgan fingerprint density at radius 2 is 1.96 bits per heavy atom. The topological polar surface area (TPSA) is 92.8 Å². The first kappa shape index (κ1) is 18.4. The van der Waals surface area contributed by atoms with E-state index >= 15 is 0 Å².